The van der Waals surface area contributed by atoms with Crippen LogP contribution in [0.15, 0.2) is 66.9 Å². The molecule has 0 unspecified atom stereocenters. The summed E-state index contributed by atoms with van der Waals surface area (Å²) < 4.78 is 7.27. The lowest BCUT2D eigenvalue weighted by atomic mass is 10.1. The van der Waals surface area contributed by atoms with Gasteiger partial charge in [0.15, 0.2) is 0 Å². The van der Waals surface area contributed by atoms with Gasteiger partial charge in [-0.25, -0.2) is 9.50 Å². The number of likely N-dealkylation sites (N-methyl/N-ethyl adjacent to an activating group) is 1. The third kappa shape index (κ3) is 4.04. The van der Waals surface area contributed by atoms with Gasteiger partial charge in [-0.2, -0.15) is 0 Å². The molecule has 0 bridgehead atoms. The van der Waals surface area contributed by atoms with Gasteiger partial charge in [0.2, 0.25) is 5.95 Å². The number of rotatable bonds is 5. The van der Waals surface area contributed by atoms with Crippen molar-refractivity contribution in [2.24, 2.45) is 0 Å². The Morgan fingerprint density at radius 3 is 2.52 bits per heavy atom. The molecule has 0 amide bonds. The third-order valence-electron chi connectivity index (χ3n) is 5.76. The van der Waals surface area contributed by atoms with Crippen LogP contribution < -0.4 is 15.0 Å². The average Bonchev–Trinajstić information content (AvgIpc) is 3.23. The highest BCUT2D eigenvalue weighted by atomic mass is 16.5. The molecule has 1 saturated heterocycles. The molecule has 0 radical (unpaired) electrons. The van der Waals surface area contributed by atoms with Gasteiger partial charge in [-0.1, -0.05) is 12.1 Å². The van der Waals surface area contributed by atoms with Crippen molar-refractivity contribution >= 4 is 22.8 Å². The lowest BCUT2D eigenvalue weighted by molar-refractivity contribution is 0.313. The van der Waals surface area contributed by atoms with Crippen LogP contribution in [0, 0.1) is 0 Å². The molecule has 1 aliphatic heterocycles. The first-order chi connectivity index (χ1) is 15.2. The molecule has 5 rings (SSSR count). The minimum Gasteiger partial charge on any atom is -0.497 e. The number of nitrogens with one attached hydrogen (secondary N) is 1. The summed E-state index contributed by atoms with van der Waals surface area (Å²) in [6, 6.07) is 20.5. The van der Waals surface area contributed by atoms with E-state index in [-0.39, 0.29) is 0 Å². The molecule has 4 aromatic rings. The maximum atomic E-state index is 5.37. The Morgan fingerprint density at radius 1 is 0.935 bits per heavy atom. The first-order valence-electron chi connectivity index (χ1n) is 10.5. The highest BCUT2D eigenvalue weighted by molar-refractivity contribution is 5.68. The van der Waals surface area contributed by atoms with Crippen LogP contribution in [0.1, 0.15) is 0 Å². The molecule has 0 atom stereocenters. The van der Waals surface area contributed by atoms with Crippen molar-refractivity contribution in [3.63, 3.8) is 0 Å². The largest absolute Gasteiger partial charge is 0.497 e. The van der Waals surface area contributed by atoms with Crippen LogP contribution in [-0.4, -0.2) is 59.8 Å². The fourth-order valence-electron chi connectivity index (χ4n) is 3.91. The van der Waals surface area contributed by atoms with Gasteiger partial charge < -0.3 is 19.9 Å². The summed E-state index contributed by atoms with van der Waals surface area (Å²) >= 11 is 0. The average molecular weight is 415 g/mol. The van der Waals surface area contributed by atoms with Crippen LogP contribution in [0.5, 0.6) is 5.75 Å². The van der Waals surface area contributed by atoms with Crippen molar-refractivity contribution in [2.75, 3.05) is 50.6 Å². The second kappa shape index (κ2) is 8.28. The first kappa shape index (κ1) is 19.4. The normalized spacial score (nSPS) is 14.7. The number of hydrogen-bond acceptors (Lipinski definition) is 6. The molecule has 2 aromatic heterocycles. The summed E-state index contributed by atoms with van der Waals surface area (Å²) in [5, 5.41) is 8.05. The number of nitrogens with zero attached hydrogens (tertiary/aromatic N) is 5. The number of anilines is 3. The van der Waals surface area contributed by atoms with E-state index in [1.807, 2.05) is 41.0 Å². The van der Waals surface area contributed by atoms with Crippen LogP contribution in [0.4, 0.5) is 17.3 Å². The molecule has 2 aromatic carbocycles. The highest BCUT2D eigenvalue weighted by Crippen LogP contribution is 2.26. The van der Waals surface area contributed by atoms with E-state index >= 15 is 0 Å². The molecule has 0 saturated carbocycles. The number of aromatic nitrogens is 3. The number of piperazine rings is 1. The second-order valence-corrected chi connectivity index (χ2v) is 7.83. The quantitative estimate of drug-likeness (QED) is 0.535. The van der Waals surface area contributed by atoms with Gasteiger partial charge in [0.1, 0.15) is 5.75 Å². The molecule has 1 N–H and O–H groups in total. The Balaban J connectivity index is 1.37. The van der Waals surface area contributed by atoms with Gasteiger partial charge in [-0.05, 0) is 55.6 Å². The molecule has 0 spiro atoms. The lowest BCUT2D eigenvalue weighted by Gasteiger charge is -2.34. The fourth-order valence-corrected chi connectivity index (χ4v) is 3.91. The molecule has 158 valence electrons. The maximum Gasteiger partial charge on any atom is 0.245 e. The number of ether oxygens (including phenoxy) is 1. The Kier molecular flexibility index (Phi) is 5.18. The molecular formula is C24H26N6O. The molecule has 7 nitrogen and oxygen atoms in total. The summed E-state index contributed by atoms with van der Waals surface area (Å²) in [6.07, 6.45) is 1.83. The van der Waals surface area contributed by atoms with E-state index < -0.39 is 0 Å². The van der Waals surface area contributed by atoms with Gasteiger partial charge in [-0.3, -0.25) is 0 Å². The zero-order valence-corrected chi connectivity index (χ0v) is 17.8. The Hall–Kier alpha value is -3.58. The van der Waals surface area contributed by atoms with Crippen LogP contribution in [-0.2, 0) is 0 Å². The highest BCUT2D eigenvalue weighted by Gasteiger charge is 2.14. The van der Waals surface area contributed by atoms with Gasteiger partial charge in [-0.15, -0.1) is 5.10 Å². The Labute approximate surface area is 181 Å². The van der Waals surface area contributed by atoms with Crippen molar-refractivity contribution in [1.82, 2.24) is 19.5 Å². The van der Waals surface area contributed by atoms with E-state index in [4.69, 9.17) is 9.84 Å². The monoisotopic (exact) mass is 414 g/mol. The molecule has 1 aliphatic rings. The van der Waals surface area contributed by atoms with Crippen LogP contribution in [0.3, 0.4) is 0 Å². The van der Waals surface area contributed by atoms with Crippen LogP contribution in [0.2, 0.25) is 0 Å². The predicted octanol–water partition coefficient (Wildman–Crippen LogP) is 3.90. The zero-order chi connectivity index (χ0) is 21.2. The predicted molar refractivity (Wildman–Crippen MR) is 124 cm³/mol. The van der Waals surface area contributed by atoms with Crippen LogP contribution in [0.25, 0.3) is 16.8 Å². The van der Waals surface area contributed by atoms with Gasteiger partial charge in [0, 0.05) is 43.1 Å². The molecule has 1 fully saturated rings. The van der Waals surface area contributed by atoms with E-state index in [1.54, 1.807) is 7.11 Å². The van der Waals surface area contributed by atoms with Crippen molar-refractivity contribution in [3.8, 4) is 17.0 Å². The summed E-state index contributed by atoms with van der Waals surface area (Å²) in [7, 11) is 3.85. The van der Waals surface area contributed by atoms with E-state index in [2.05, 4.69) is 57.5 Å². The molecular weight excluding hydrogens is 388 g/mol. The van der Waals surface area contributed by atoms with Gasteiger partial charge in [0.05, 0.1) is 24.5 Å². The number of benzene rings is 2. The Bertz CT molecular complexity index is 1180. The second-order valence-electron chi connectivity index (χ2n) is 7.83. The molecule has 31 heavy (non-hydrogen) atoms. The lowest BCUT2D eigenvalue weighted by Crippen LogP contribution is -2.44. The molecule has 0 aliphatic carbocycles. The molecule has 3 heterocycles. The maximum absolute atomic E-state index is 5.37. The molecule has 7 heteroatoms. The zero-order valence-electron chi connectivity index (χ0n) is 17.8. The summed E-state index contributed by atoms with van der Waals surface area (Å²) in [5.41, 5.74) is 5.19. The summed E-state index contributed by atoms with van der Waals surface area (Å²) in [5.74, 6) is 1.38. The SMILES string of the molecule is COc1cccc(-c2ccc3cnc(Nc4ccc(N5CCN(C)CC5)cc4)nn23)c1. The summed E-state index contributed by atoms with van der Waals surface area (Å²) in [4.78, 5) is 9.27. The first-order valence-corrected chi connectivity index (χ1v) is 10.5. The van der Waals surface area contributed by atoms with E-state index in [0.717, 1.165) is 54.4 Å². The Morgan fingerprint density at radius 2 is 1.74 bits per heavy atom. The minimum absolute atomic E-state index is 0.556. The summed E-state index contributed by atoms with van der Waals surface area (Å²) in [6.45, 7) is 4.31. The number of methoxy groups -OCH3 is 1. The standard InChI is InChI=1S/C24H26N6O/c1-28-12-14-29(15-13-28)20-8-6-19(7-9-20)26-24-25-17-21-10-11-23(30(21)27-24)18-4-3-5-22(16-18)31-2/h3-11,16-17H,12-15H2,1-2H3,(H,26,27). The minimum atomic E-state index is 0.556. The smallest absolute Gasteiger partial charge is 0.245 e. The number of fused-ring (bicyclic) bond motifs is 1. The fraction of sp³-hybridized carbons (Fsp3) is 0.250. The van der Waals surface area contributed by atoms with E-state index in [9.17, 15) is 0 Å². The van der Waals surface area contributed by atoms with E-state index in [1.165, 1.54) is 5.69 Å². The van der Waals surface area contributed by atoms with Crippen molar-refractivity contribution in [1.29, 1.82) is 0 Å². The van der Waals surface area contributed by atoms with Crippen molar-refractivity contribution < 1.29 is 4.74 Å². The third-order valence-corrected chi connectivity index (χ3v) is 5.76. The van der Waals surface area contributed by atoms with Gasteiger partial charge >= 0.3 is 0 Å². The van der Waals surface area contributed by atoms with Crippen molar-refractivity contribution in [2.45, 2.75) is 0 Å². The van der Waals surface area contributed by atoms with Crippen molar-refractivity contribution in [3.05, 3.63) is 66.9 Å². The van der Waals surface area contributed by atoms with Crippen LogP contribution >= 0.6 is 0 Å². The van der Waals surface area contributed by atoms with E-state index in [0.29, 0.717) is 5.95 Å². The van der Waals surface area contributed by atoms with Gasteiger partial charge in [0.25, 0.3) is 0 Å². The number of hydrogen-bond donors (Lipinski definition) is 1. The topological polar surface area (TPSA) is 57.9 Å².